The van der Waals surface area contributed by atoms with Crippen molar-refractivity contribution in [3.8, 4) is 11.5 Å². The summed E-state index contributed by atoms with van der Waals surface area (Å²) in [4.78, 5) is 24.0. The minimum absolute atomic E-state index is 0.0568. The summed E-state index contributed by atoms with van der Waals surface area (Å²) in [6, 6.07) is 30.5. The molecule has 0 bridgehead atoms. The average molecular weight is 451 g/mol. The van der Waals surface area contributed by atoms with Crippen LogP contribution < -0.4 is 9.47 Å². The summed E-state index contributed by atoms with van der Waals surface area (Å²) in [5.41, 5.74) is 5.70. The van der Waals surface area contributed by atoms with E-state index in [4.69, 9.17) is 9.47 Å². The first kappa shape index (κ1) is 23.0. The van der Waals surface area contributed by atoms with Gasteiger partial charge in [0.15, 0.2) is 5.78 Å². The van der Waals surface area contributed by atoms with Gasteiger partial charge in [-0.05, 0) is 78.4 Å². The van der Waals surface area contributed by atoms with E-state index in [0.717, 1.165) is 35.3 Å². The van der Waals surface area contributed by atoms with E-state index in [1.54, 1.807) is 26.2 Å². The lowest BCUT2D eigenvalue weighted by molar-refractivity contribution is 0.0734. The van der Waals surface area contributed by atoms with Gasteiger partial charge < -0.3 is 9.47 Å². The van der Waals surface area contributed by atoms with Crippen LogP contribution in [0.15, 0.2) is 97.1 Å². The molecule has 0 aliphatic rings. The van der Waals surface area contributed by atoms with E-state index in [2.05, 4.69) is 0 Å². The van der Waals surface area contributed by atoms with Gasteiger partial charge in [-0.2, -0.15) is 0 Å². The summed E-state index contributed by atoms with van der Waals surface area (Å²) in [7, 11) is 1.65. The van der Waals surface area contributed by atoms with E-state index in [-0.39, 0.29) is 11.8 Å². The number of Topliss-reactive ketones (excluding diaryl/α,β-unsaturated/α-hetero) is 1. The Balaban J connectivity index is 1.33. The minimum Gasteiger partial charge on any atom is -0.497 e. The molecule has 0 saturated heterocycles. The van der Waals surface area contributed by atoms with E-state index in [1.807, 2.05) is 84.9 Å². The molecule has 0 unspecified atom stereocenters. The van der Waals surface area contributed by atoms with Crippen LogP contribution in [0.5, 0.6) is 11.5 Å². The Hall–Kier alpha value is -4.18. The maximum absolute atomic E-state index is 12.6. The van der Waals surface area contributed by atoms with Crippen molar-refractivity contribution >= 4 is 11.8 Å². The van der Waals surface area contributed by atoms with Crippen molar-refractivity contribution < 1.29 is 19.1 Å². The van der Waals surface area contributed by atoms with Gasteiger partial charge in [0.2, 0.25) is 0 Å². The molecule has 0 aromatic heterocycles. The van der Waals surface area contributed by atoms with Crippen LogP contribution in [0.3, 0.4) is 0 Å². The van der Waals surface area contributed by atoms with Gasteiger partial charge in [0.25, 0.3) is 0 Å². The maximum Gasteiger partial charge on any atom is 0.343 e. The standard InChI is InChI=1S/C30H26O4/c1-21(31)26-11-3-22(4-12-26)19-23-5-13-27(14-6-23)30(32)34-29-17-9-25(10-18-29)20-24-7-15-28(33-2)16-8-24/h3-18H,19-20H2,1-2H3. The number of ether oxygens (including phenoxy) is 2. The van der Waals surface area contributed by atoms with Gasteiger partial charge in [-0.3, -0.25) is 4.79 Å². The summed E-state index contributed by atoms with van der Waals surface area (Å²) < 4.78 is 10.7. The first-order valence-electron chi connectivity index (χ1n) is 11.1. The minimum atomic E-state index is -0.389. The normalized spacial score (nSPS) is 10.5. The summed E-state index contributed by atoms with van der Waals surface area (Å²) in [6.45, 7) is 1.56. The van der Waals surface area contributed by atoms with Gasteiger partial charge >= 0.3 is 5.97 Å². The van der Waals surface area contributed by atoms with E-state index in [0.29, 0.717) is 16.9 Å². The fourth-order valence-electron chi connectivity index (χ4n) is 3.67. The number of ketones is 1. The number of carbonyl (C=O) groups is 2. The number of rotatable bonds is 8. The zero-order valence-corrected chi connectivity index (χ0v) is 19.3. The van der Waals surface area contributed by atoms with Crippen LogP contribution >= 0.6 is 0 Å². The predicted octanol–water partition coefficient (Wildman–Crippen LogP) is 6.30. The van der Waals surface area contributed by atoms with Crippen molar-refractivity contribution in [1.82, 2.24) is 0 Å². The molecule has 4 aromatic carbocycles. The lowest BCUT2D eigenvalue weighted by atomic mass is 10.0. The topological polar surface area (TPSA) is 52.6 Å². The molecule has 4 aromatic rings. The molecule has 34 heavy (non-hydrogen) atoms. The van der Waals surface area contributed by atoms with Crippen LogP contribution in [-0.4, -0.2) is 18.9 Å². The van der Waals surface area contributed by atoms with Crippen LogP contribution in [0.1, 0.15) is 49.9 Å². The van der Waals surface area contributed by atoms with E-state index in [1.165, 1.54) is 5.56 Å². The molecule has 0 radical (unpaired) electrons. The van der Waals surface area contributed by atoms with Gasteiger partial charge in [-0.1, -0.05) is 60.7 Å². The number of hydrogen-bond donors (Lipinski definition) is 0. The molecule has 4 nitrogen and oxygen atoms in total. The average Bonchev–Trinajstić information content (AvgIpc) is 2.86. The second kappa shape index (κ2) is 10.6. The fourth-order valence-corrected chi connectivity index (χ4v) is 3.67. The maximum atomic E-state index is 12.6. The van der Waals surface area contributed by atoms with Crippen LogP contribution in [-0.2, 0) is 12.8 Å². The summed E-state index contributed by atoms with van der Waals surface area (Å²) in [5, 5.41) is 0. The van der Waals surface area contributed by atoms with Crippen molar-refractivity contribution in [2.75, 3.05) is 7.11 Å². The third-order valence-electron chi connectivity index (χ3n) is 5.66. The number of methoxy groups -OCH3 is 1. The quantitative estimate of drug-likeness (QED) is 0.180. The lowest BCUT2D eigenvalue weighted by Crippen LogP contribution is -2.08. The van der Waals surface area contributed by atoms with Crippen LogP contribution in [0.25, 0.3) is 0 Å². The molecule has 0 amide bonds. The van der Waals surface area contributed by atoms with E-state index < -0.39 is 0 Å². The first-order chi connectivity index (χ1) is 16.5. The smallest absolute Gasteiger partial charge is 0.343 e. The molecule has 0 N–H and O–H groups in total. The molecule has 4 heteroatoms. The number of esters is 1. The van der Waals surface area contributed by atoms with Crippen molar-refractivity contribution in [2.45, 2.75) is 19.8 Å². The van der Waals surface area contributed by atoms with Crippen LogP contribution in [0.2, 0.25) is 0 Å². The van der Waals surface area contributed by atoms with Gasteiger partial charge in [0, 0.05) is 5.56 Å². The first-order valence-corrected chi connectivity index (χ1v) is 11.1. The highest BCUT2D eigenvalue weighted by molar-refractivity contribution is 5.94. The highest BCUT2D eigenvalue weighted by Gasteiger charge is 2.09. The highest BCUT2D eigenvalue weighted by atomic mass is 16.5. The molecule has 170 valence electrons. The van der Waals surface area contributed by atoms with Crippen LogP contribution in [0.4, 0.5) is 0 Å². The number of benzene rings is 4. The van der Waals surface area contributed by atoms with Gasteiger partial charge in [0.05, 0.1) is 12.7 Å². The van der Waals surface area contributed by atoms with Crippen molar-refractivity contribution in [1.29, 1.82) is 0 Å². The molecule has 0 spiro atoms. The van der Waals surface area contributed by atoms with E-state index >= 15 is 0 Å². The van der Waals surface area contributed by atoms with Crippen molar-refractivity contribution in [3.63, 3.8) is 0 Å². The second-order valence-electron chi connectivity index (χ2n) is 8.19. The van der Waals surface area contributed by atoms with Crippen LogP contribution in [0, 0.1) is 0 Å². The predicted molar refractivity (Wildman–Crippen MR) is 133 cm³/mol. The Labute approximate surface area is 199 Å². The zero-order valence-electron chi connectivity index (χ0n) is 19.3. The molecule has 4 rings (SSSR count). The Morgan fingerprint density at radius 2 is 0.941 bits per heavy atom. The Morgan fingerprint density at radius 1 is 0.559 bits per heavy atom. The molecule has 0 heterocycles. The SMILES string of the molecule is COc1ccc(Cc2ccc(OC(=O)c3ccc(Cc4ccc(C(C)=O)cc4)cc3)cc2)cc1. The molecule has 0 fully saturated rings. The Morgan fingerprint density at radius 3 is 1.35 bits per heavy atom. The molecular formula is C30H26O4. The molecule has 0 aliphatic carbocycles. The third-order valence-corrected chi connectivity index (χ3v) is 5.66. The number of carbonyl (C=O) groups excluding carboxylic acids is 2. The second-order valence-corrected chi connectivity index (χ2v) is 8.19. The molecule has 0 saturated carbocycles. The lowest BCUT2D eigenvalue weighted by Gasteiger charge is -2.08. The third kappa shape index (κ3) is 5.99. The summed E-state index contributed by atoms with van der Waals surface area (Å²) in [6.07, 6.45) is 1.51. The Bertz CT molecular complexity index is 1250. The number of hydrogen-bond acceptors (Lipinski definition) is 4. The summed E-state index contributed by atoms with van der Waals surface area (Å²) >= 11 is 0. The van der Waals surface area contributed by atoms with Gasteiger partial charge in [0.1, 0.15) is 11.5 Å². The van der Waals surface area contributed by atoms with E-state index in [9.17, 15) is 9.59 Å². The fraction of sp³-hybridized carbons (Fsp3) is 0.133. The molecular weight excluding hydrogens is 424 g/mol. The summed E-state index contributed by atoms with van der Waals surface area (Å²) in [5.74, 6) is 1.02. The molecule has 0 atom stereocenters. The van der Waals surface area contributed by atoms with Crippen molar-refractivity contribution in [3.05, 3.63) is 130 Å². The van der Waals surface area contributed by atoms with Gasteiger partial charge in [-0.25, -0.2) is 4.79 Å². The zero-order chi connectivity index (χ0) is 23.9. The highest BCUT2D eigenvalue weighted by Crippen LogP contribution is 2.19. The van der Waals surface area contributed by atoms with Crippen molar-refractivity contribution in [2.24, 2.45) is 0 Å². The van der Waals surface area contributed by atoms with Gasteiger partial charge in [-0.15, -0.1) is 0 Å². The largest absolute Gasteiger partial charge is 0.497 e. The monoisotopic (exact) mass is 450 g/mol. The molecule has 0 aliphatic heterocycles. The Kier molecular flexibility index (Phi) is 7.19.